The fourth-order valence-electron chi connectivity index (χ4n) is 1.15. The highest BCUT2D eigenvalue weighted by Crippen LogP contribution is 2.18. The van der Waals surface area contributed by atoms with Crippen molar-refractivity contribution in [1.29, 1.82) is 0 Å². The quantitative estimate of drug-likeness (QED) is 0.796. The molecule has 1 aromatic carbocycles. The Morgan fingerprint density at radius 1 is 1.39 bits per heavy atom. The summed E-state index contributed by atoms with van der Waals surface area (Å²) in [5, 5.41) is 2.32. The number of anilines is 1. The Labute approximate surface area is 104 Å². The Balaban J connectivity index is 3.02. The van der Waals surface area contributed by atoms with Crippen LogP contribution < -0.4 is 11.1 Å². The van der Waals surface area contributed by atoms with Crippen LogP contribution in [0.2, 0.25) is 0 Å². The van der Waals surface area contributed by atoms with Gasteiger partial charge in [-0.1, -0.05) is 0 Å². The SMILES string of the molecule is COC(=O)c1ccc(F)c(NC(=O)C(C)(C)N)c1. The standard InChI is InChI=1S/C12H15FN2O3/c1-12(2,14)11(17)15-9-6-7(10(16)18-3)4-5-8(9)13/h4-6H,14H2,1-3H3,(H,15,17). The minimum atomic E-state index is -1.15. The van der Waals surface area contributed by atoms with Crippen LogP contribution in [0.3, 0.4) is 0 Å². The highest BCUT2D eigenvalue weighted by atomic mass is 19.1. The first kappa shape index (κ1) is 14.1. The average Bonchev–Trinajstić information content (AvgIpc) is 2.29. The number of nitrogens with two attached hydrogens (primary N) is 1. The van der Waals surface area contributed by atoms with Crippen LogP contribution >= 0.6 is 0 Å². The van der Waals surface area contributed by atoms with Gasteiger partial charge in [0.2, 0.25) is 5.91 Å². The summed E-state index contributed by atoms with van der Waals surface area (Å²) in [7, 11) is 1.22. The van der Waals surface area contributed by atoms with Gasteiger partial charge < -0.3 is 15.8 Å². The maximum Gasteiger partial charge on any atom is 0.337 e. The number of carbonyl (C=O) groups is 2. The van der Waals surface area contributed by atoms with Crippen LogP contribution in [0.4, 0.5) is 10.1 Å². The van der Waals surface area contributed by atoms with E-state index < -0.39 is 23.2 Å². The minimum Gasteiger partial charge on any atom is -0.465 e. The van der Waals surface area contributed by atoms with Gasteiger partial charge in [-0.3, -0.25) is 4.79 Å². The molecule has 0 aromatic heterocycles. The Hall–Kier alpha value is -1.95. The third-order valence-electron chi connectivity index (χ3n) is 2.22. The van der Waals surface area contributed by atoms with Crippen LogP contribution in [0.5, 0.6) is 0 Å². The van der Waals surface area contributed by atoms with Gasteiger partial charge in [-0.25, -0.2) is 9.18 Å². The number of benzene rings is 1. The van der Waals surface area contributed by atoms with Crippen LogP contribution in [0.25, 0.3) is 0 Å². The Kier molecular flexibility index (Phi) is 4.03. The summed E-state index contributed by atoms with van der Waals surface area (Å²) in [5.41, 5.74) is 4.46. The number of carbonyl (C=O) groups excluding carboxylic acids is 2. The summed E-state index contributed by atoms with van der Waals surface area (Å²) < 4.78 is 18.0. The molecule has 0 heterocycles. The lowest BCUT2D eigenvalue weighted by molar-refractivity contribution is -0.120. The molecule has 18 heavy (non-hydrogen) atoms. The molecule has 3 N–H and O–H groups in total. The summed E-state index contributed by atoms with van der Waals surface area (Å²) in [5.74, 6) is -1.82. The zero-order valence-electron chi connectivity index (χ0n) is 10.4. The molecule has 0 bridgehead atoms. The highest BCUT2D eigenvalue weighted by molar-refractivity contribution is 5.98. The fourth-order valence-corrected chi connectivity index (χ4v) is 1.15. The normalized spacial score (nSPS) is 10.9. The summed E-state index contributed by atoms with van der Waals surface area (Å²) in [6.07, 6.45) is 0. The molecule has 6 heteroatoms. The number of halogens is 1. The molecule has 0 aliphatic rings. The number of rotatable bonds is 3. The van der Waals surface area contributed by atoms with E-state index in [2.05, 4.69) is 10.1 Å². The third-order valence-corrected chi connectivity index (χ3v) is 2.22. The smallest absolute Gasteiger partial charge is 0.337 e. The van der Waals surface area contributed by atoms with Crippen LogP contribution in [-0.2, 0) is 9.53 Å². The molecule has 1 amide bonds. The number of hydrogen-bond donors (Lipinski definition) is 2. The highest BCUT2D eigenvalue weighted by Gasteiger charge is 2.23. The molecular formula is C12H15FN2O3. The van der Waals surface area contributed by atoms with E-state index in [0.717, 1.165) is 6.07 Å². The van der Waals surface area contributed by atoms with Crippen molar-refractivity contribution in [2.24, 2.45) is 5.73 Å². The number of esters is 1. The molecule has 0 saturated carbocycles. The van der Waals surface area contributed by atoms with Gasteiger partial charge in [-0.15, -0.1) is 0 Å². The minimum absolute atomic E-state index is 0.110. The summed E-state index contributed by atoms with van der Waals surface area (Å²) in [4.78, 5) is 22.9. The second-order valence-electron chi connectivity index (χ2n) is 4.36. The molecular weight excluding hydrogens is 239 g/mol. The van der Waals surface area contributed by atoms with Crippen molar-refractivity contribution in [3.8, 4) is 0 Å². The molecule has 0 atom stereocenters. The monoisotopic (exact) mass is 254 g/mol. The molecule has 0 spiro atoms. The van der Waals surface area contributed by atoms with E-state index in [1.165, 1.54) is 33.1 Å². The zero-order valence-corrected chi connectivity index (χ0v) is 10.4. The van der Waals surface area contributed by atoms with Crippen molar-refractivity contribution in [3.05, 3.63) is 29.6 Å². The first-order valence-corrected chi connectivity index (χ1v) is 5.24. The molecule has 0 unspecified atom stereocenters. The summed E-state index contributed by atoms with van der Waals surface area (Å²) in [6, 6.07) is 3.54. The van der Waals surface area contributed by atoms with Crippen molar-refractivity contribution in [2.45, 2.75) is 19.4 Å². The largest absolute Gasteiger partial charge is 0.465 e. The van der Waals surface area contributed by atoms with E-state index in [-0.39, 0.29) is 11.3 Å². The van der Waals surface area contributed by atoms with Gasteiger partial charge in [-0.05, 0) is 32.0 Å². The Morgan fingerprint density at radius 2 is 2.00 bits per heavy atom. The summed E-state index contributed by atoms with van der Waals surface area (Å²) >= 11 is 0. The van der Waals surface area contributed by atoms with E-state index >= 15 is 0 Å². The molecule has 0 aliphatic heterocycles. The number of nitrogens with one attached hydrogen (secondary N) is 1. The Morgan fingerprint density at radius 3 is 2.50 bits per heavy atom. The van der Waals surface area contributed by atoms with Gasteiger partial charge in [0.25, 0.3) is 0 Å². The molecule has 5 nitrogen and oxygen atoms in total. The maximum absolute atomic E-state index is 13.5. The van der Waals surface area contributed by atoms with Crippen molar-refractivity contribution < 1.29 is 18.7 Å². The van der Waals surface area contributed by atoms with Gasteiger partial charge >= 0.3 is 5.97 Å². The van der Waals surface area contributed by atoms with Crippen LogP contribution in [0, 0.1) is 5.82 Å². The first-order chi connectivity index (χ1) is 8.25. The molecule has 1 aromatic rings. The molecule has 0 aliphatic carbocycles. The van der Waals surface area contributed by atoms with E-state index in [9.17, 15) is 14.0 Å². The third kappa shape index (κ3) is 3.27. The lowest BCUT2D eigenvalue weighted by atomic mass is 10.1. The number of amides is 1. The Bertz CT molecular complexity index is 481. The van der Waals surface area contributed by atoms with Gasteiger partial charge in [0.1, 0.15) is 5.82 Å². The van der Waals surface area contributed by atoms with Crippen LogP contribution in [0.1, 0.15) is 24.2 Å². The van der Waals surface area contributed by atoms with Gasteiger partial charge in [0.15, 0.2) is 0 Å². The second kappa shape index (κ2) is 5.14. The molecule has 1 rings (SSSR count). The topological polar surface area (TPSA) is 81.4 Å². The molecule has 98 valence electrons. The van der Waals surface area contributed by atoms with Gasteiger partial charge in [0, 0.05) is 0 Å². The summed E-state index contributed by atoms with van der Waals surface area (Å²) in [6.45, 7) is 2.98. The van der Waals surface area contributed by atoms with Crippen molar-refractivity contribution in [3.63, 3.8) is 0 Å². The average molecular weight is 254 g/mol. The lowest BCUT2D eigenvalue weighted by Crippen LogP contribution is -2.45. The van der Waals surface area contributed by atoms with Crippen molar-refractivity contribution in [2.75, 3.05) is 12.4 Å². The zero-order chi connectivity index (χ0) is 13.9. The fraction of sp³-hybridized carbons (Fsp3) is 0.333. The molecule has 0 saturated heterocycles. The van der Waals surface area contributed by atoms with Gasteiger partial charge in [-0.2, -0.15) is 0 Å². The number of methoxy groups -OCH3 is 1. The number of hydrogen-bond acceptors (Lipinski definition) is 4. The van der Waals surface area contributed by atoms with Crippen LogP contribution in [0.15, 0.2) is 18.2 Å². The first-order valence-electron chi connectivity index (χ1n) is 5.24. The van der Waals surface area contributed by atoms with E-state index in [1.54, 1.807) is 0 Å². The number of ether oxygens (including phenoxy) is 1. The van der Waals surface area contributed by atoms with Crippen molar-refractivity contribution >= 4 is 17.6 Å². The predicted octanol–water partition coefficient (Wildman–Crippen LogP) is 1.29. The molecule has 0 fully saturated rings. The van der Waals surface area contributed by atoms with Crippen LogP contribution in [-0.4, -0.2) is 24.5 Å². The second-order valence-corrected chi connectivity index (χ2v) is 4.36. The van der Waals surface area contributed by atoms with Gasteiger partial charge in [0.05, 0.1) is 23.9 Å². The van der Waals surface area contributed by atoms with E-state index in [1.807, 2.05) is 0 Å². The lowest BCUT2D eigenvalue weighted by Gasteiger charge is -2.18. The van der Waals surface area contributed by atoms with E-state index in [4.69, 9.17) is 5.73 Å². The maximum atomic E-state index is 13.5. The van der Waals surface area contributed by atoms with Crippen molar-refractivity contribution in [1.82, 2.24) is 0 Å². The molecule has 0 radical (unpaired) electrons. The predicted molar refractivity (Wildman–Crippen MR) is 64.6 cm³/mol. The van der Waals surface area contributed by atoms with E-state index in [0.29, 0.717) is 0 Å².